The number of hydrogen-bond donors (Lipinski definition) is 0. The van der Waals surface area contributed by atoms with Crippen LogP contribution in [-0.4, -0.2) is 5.78 Å². The van der Waals surface area contributed by atoms with Gasteiger partial charge in [-0.25, -0.2) is 0 Å². The van der Waals surface area contributed by atoms with E-state index in [2.05, 4.69) is 22.6 Å². The molecule has 0 spiro atoms. The molecule has 0 radical (unpaired) electrons. The standard InChI is InChI=1S/C15H12ClIO2/c1-10(18)15-13(16)7-12(8-14(15)17)19-9-11-5-3-2-4-6-11/h2-8H,9H2,1H3. The average Bonchev–Trinajstić information content (AvgIpc) is 2.36. The molecule has 0 aliphatic carbocycles. The van der Waals surface area contributed by atoms with Crippen LogP contribution < -0.4 is 4.74 Å². The molecular formula is C15H12ClIO2. The third-order valence-electron chi connectivity index (χ3n) is 2.62. The number of carbonyl (C=O) groups excluding carboxylic acids is 1. The van der Waals surface area contributed by atoms with Crippen molar-refractivity contribution in [2.75, 3.05) is 0 Å². The lowest BCUT2D eigenvalue weighted by molar-refractivity contribution is 0.101. The van der Waals surface area contributed by atoms with Gasteiger partial charge in [-0.3, -0.25) is 4.79 Å². The van der Waals surface area contributed by atoms with E-state index >= 15 is 0 Å². The molecule has 98 valence electrons. The fourth-order valence-corrected chi connectivity index (χ4v) is 3.19. The van der Waals surface area contributed by atoms with E-state index < -0.39 is 0 Å². The van der Waals surface area contributed by atoms with Crippen molar-refractivity contribution in [3.63, 3.8) is 0 Å². The predicted molar refractivity (Wildman–Crippen MR) is 84.9 cm³/mol. The lowest BCUT2D eigenvalue weighted by atomic mass is 10.1. The topological polar surface area (TPSA) is 26.3 Å². The SMILES string of the molecule is CC(=O)c1c(Cl)cc(OCc2ccccc2)cc1I. The van der Waals surface area contributed by atoms with Gasteiger partial charge in [0.15, 0.2) is 5.78 Å². The minimum absolute atomic E-state index is 0.0380. The summed E-state index contributed by atoms with van der Waals surface area (Å²) in [7, 11) is 0. The van der Waals surface area contributed by atoms with E-state index in [4.69, 9.17) is 16.3 Å². The number of halogens is 2. The summed E-state index contributed by atoms with van der Waals surface area (Å²) in [6.07, 6.45) is 0. The van der Waals surface area contributed by atoms with Crippen LogP contribution in [0.3, 0.4) is 0 Å². The molecule has 2 aromatic carbocycles. The van der Waals surface area contributed by atoms with Crippen molar-refractivity contribution in [1.29, 1.82) is 0 Å². The molecule has 0 heterocycles. The molecule has 2 aromatic rings. The van der Waals surface area contributed by atoms with Crippen LogP contribution in [0.4, 0.5) is 0 Å². The fraction of sp³-hybridized carbons (Fsp3) is 0.133. The molecule has 0 atom stereocenters. The molecule has 4 heteroatoms. The first kappa shape index (κ1) is 14.3. The van der Waals surface area contributed by atoms with Crippen LogP contribution in [0.2, 0.25) is 5.02 Å². The van der Waals surface area contributed by atoms with E-state index in [1.54, 1.807) is 6.07 Å². The maximum Gasteiger partial charge on any atom is 0.162 e. The predicted octanol–water partition coefficient (Wildman–Crippen LogP) is 4.73. The Morgan fingerprint density at radius 3 is 2.53 bits per heavy atom. The Bertz CT molecular complexity index is 573. The number of ether oxygens (including phenoxy) is 1. The Balaban J connectivity index is 2.16. The summed E-state index contributed by atoms with van der Waals surface area (Å²) in [6.45, 7) is 1.99. The molecule has 0 fully saturated rings. The normalized spacial score (nSPS) is 10.3. The number of benzene rings is 2. The zero-order valence-electron chi connectivity index (χ0n) is 10.3. The molecule has 0 bridgehead atoms. The first-order valence-electron chi connectivity index (χ1n) is 5.74. The van der Waals surface area contributed by atoms with Crippen LogP contribution in [0.1, 0.15) is 22.8 Å². The second-order valence-corrected chi connectivity index (χ2v) is 5.66. The monoisotopic (exact) mass is 386 g/mol. The van der Waals surface area contributed by atoms with Crippen LogP contribution in [-0.2, 0) is 6.61 Å². The van der Waals surface area contributed by atoms with Gasteiger partial charge in [-0.2, -0.15) is 0 Å². The van der Waals surface area contributed by atoms with Gasteiger partial charge in [-0.05, 0) is 47.2 Å². The zero-order valence-corrected chi connectivity index (χ0v) is 13.2. The minimum Gasteiger partial charge on any atom is -0.489 e. The van der Waals surface area contributed by atoms with Crippen molar-refractivity contribution in [3.05, 3.63) is 62.2 Å². The second-order valence-electron chi connectivity index (χ2n) is 4.09. The summed E-state index contributed by atoms with van der Waals surface area (Å²) in [5.74, 6) is 0.632. The lowest BCUT2D eigenvalue weighted by Gasteiger charge is -2.10. The van der Waals surface area contributed by atoms with E-state index in [0.29, 0.717) is 22.9 Å². The molecule has 0 amide bonds. The zero-order chi connectivity index (χ0) is 13.8. The van der Waals surface area contributed by atoms with Crippen LogP contribution in [0.15, 0.2) is 42.5 Å². The largest absolute Gasteiger partial charge is 0.489 e. The van der Waals surface area contributed by atoms with Crippen LogP contribution in [0.5, 0.6) is 5.75 Å². The summed E-state index contributed by atoms with van der Waals surface area (Å²) in [5.41, 5.74) is 1.64. The highest BCUT2D eigenvalue weighted by Crippen LogP contribution is 2.28. The summed E-state index contributed by atoms with van der Waals surface area (Å²) in [5, 5.41) is 0.433. The Morgan fingerprint density at radius 1 is 1.26 bits per heavy atom. The van der Waals surface area contributed by atoms with Crippen molar-refractivity contribution < 1.29 is 9.53 Å². The Labute approximate surface area is 130 Å². The molecular weight excluding hydrogens is 375 g/mol. The molecule has 0 saturated heterocycles. The lowest BCUT2D eigenvalue weighted by Crippen LogP contribution is -2.00. The van der Waals surface area contributed by atoms with Crippen molar-refractivity contribution in [2.45, 2.75) is 13.5 Å². The fourth-order valence-electron chi connectivity index (χ4n) is 1.71. The van der Waals surface area contributed by atoms with Gasteiger partial charge in [0.25, 0.3) is 0 Å². The molecule has 19 heavy (non-hydrogen) atoms. The molecule has 0 aromatic heterocycles. The van der Waals surface area contributed by atoms with E-state index in [0.717, 1.165) is 9.13 Å². The number of carbonyl (C=O) groups is 1. The maximum absolute atomic E-state index is 11.4. The highest BCUT2D eigenvalue weighted by molar-refractivity contribution is 14.1. The number of ketones is 1. The van der Waals surface area contributed by atoms with E-state index in [1.165, 1.54) is 6.92 Å². The summed E-state index contributed by atoms with van der Waals surface area (Å²) in [4.78, 5) is 11.4. The number of hydrogen-bond acceptors (Lipinski definition) is 2. The van der Waals surface area contributed by atoms with E-state index in [9.17, 15) is 4.79 Å². The summed E-state index contributed by atoms with van der Waals surface area (Å²) < 4.78 is 6.49. The second kappa shape index (κ2) is 6.39. The van der Waals surface area contributed by atoms with Gasteiger partial charge in [-0.15, -0.1) is 0 Å². The van der Waals surface area contributed by atoms with Crippen LogP contribution in [0, 0.1) is 3.57 Å². The first-order chi connectivity index (χ1) is 9.08. The summed E-state index contributed by atoms with van der Waals surface area (Å²) in [6, 6.07) is 13.4. The van der Waals surface area contributed by atoms with Gasteiger partial charge in [0, 0.05) is 9.13 Å². The van der Waals surface area contributed by atoms with Gasteiger partial charge in [0.1, 0.15) is 12.4 Å². The van der Waals surface area contributed by atoms with E-state index in [1.807, 2.05) is 36.4 Å². The van der Waals surface area contributed by atoms with Crippen molar-refractivity contribution in [1.82, 2.24) is 0 Å². The number of rotatable bonds is 4. The first-order valence-corrected chi connectivity index (χ1v) is 7.20. The summed E-state index contributed by atoms with van der Waals surface area (Å²) >= 11 is 8.20. The van der Waals surface area contributed by atoms with Crippen molar-refractivity contribution in [3.8, 4) is 5.75 Å². The average molecular weight is 387 g/mol. The van der Waals surface area contributed by atoms with Gasteiger partial charge in [-0.1, -0.05) is 41.9 Å². The molecule has 2 nitrogen and oxygen atoms in total. The molecule has 0 aliphatic rings. The van der Waals surface area contributed by atoms with Crippen LogP contribution >= 0.6 is 34.2 Å². The third kappa shape index (κ3) is 3.70. The number of Topliss-reactive ketones (excluding diaryl/α,β-unsaturated/α-hetero) is 1. The van der Waals surface area contributed by atoms with Gasteiger partial charge >= 0.3 is 0 Å². The Hall–Kier alpha value is -1.07. The maximum atomic E-state index is 11.4. The van der Waals surface area contributed by atoms with Crippen molar-refractivity contribution >= 4 is 40.0 Å². The third-order valence-corrected chi connectivity index (χ3v) is 3.76. The minimum atomic E-state index is -0.0380. The molecule has 0 unspecified atom stereocenters. The molecule has 0 aliphatic heterocycles. The molecule has 0 saturated carbocycles. The molecule has 0 N–H and O–H groups in total. The highest BCUT2D eigenvalue weighted by Gasteiger charge is 2.12. The quantitative estimate of drug-likeness (QED) is 0.561. The Morgan fingerprint density at radius 2 is 1.95 bits per heavy atom. The van der Waals surface area contributed by atoms with Gasteiger partial charge in [0.05, 0.1) is 5.02 Å². The van der Waals surface area contributed by atoms with Gasteiger partial charge in [0.2, 0.25) is 0 Å². The smallest absolute Gasteiger partial charge is 0.162 e. The van der Waals surface area contributed by atoms with E-state index in [-0.39, 0.29) is 5.78 Å². The van der Waals surface area contributed by atoms with Gasteiger partial charge < -0.3 is 4.74 Å². The highest BCUT2D eigenvalue weighted by atomic mass is 127. The van der Waals surface area contributed by atoms with Crippen molar-refractivity contribution in [2.24, 2.45) is 0 Å². The Kier molecular flexibility index (Phi) is 4.82. The van der Waals surface area contributed by atoms with Crippen LogP contribution in [0.25, 0.3) is 0 Å². The molecule has 2 rings (SSSR count).